The Hall–Kier alpha value is -0.580. The summed E-state index contributed by atoms with van der Waals surface area (Å²) in [5, 5.41) is 3.39. The van der Waals surface area contributed by atoms with Crippen LogP contribution in [-0.2, 0) is 11.3 Å². The van der Waals surface area contributed by atoms with Crippen LogP contribution in [0.3, 0.4) is 0 Å². The SMILES string of the molecule is CCCN(CC1CC1)c1ccc(CNCCOC)c(Br)c1. The molecular formula is C17H27BrN2O. The van der Waals surface area contributed by atoms with Crippen molar-refractivity contribution in [1.82, 2.24) is 5.32 Å². The van der Waals surface area contributed by atoms with Crippen molar-refractivity contribution in [2.75, 3.05) is 38.3 Å². The van der Waals surface area contributed by atoms with Gasteiger partial charge in [0.25, 0.3) is 0 Å². The topological polar surface area (TPSA) is 24.5 Å². The minimum Gasteiger partial charge on any atom is -0.383 e. The molecule has 1 saturated carbocycles. The number of anilines is 1. The Morgan fingerprint density at radius 2 is 2.19 bits per heavy atom. The lowest BCUT2D eigenvalue weighted by molar-refractivity contribution is 0.199. The highest BCUT2D eigenvalue weighted by Crippen LogP contribution is 2.32. The van der Waals surface area contributed by atoms with Crippen molar-refractivity contribution in [3.63, 3.8) is 0 Å². The zero-order valence-corrected chi connectivity index (χ0v) is 14.8. The predicted molar refractivity (Wildman–Crippen MR) is 93.0 cm³/mol. The first kappa shape index (κ1) is 16.8. The average molecular weight is 355 g/mol. The lowest BCUT2D eigenvalue weighted by atomic mass is 10.1. The molecule has 0 radical (unpaired) electrons. The molecule has 0 aliphatic heterocycles. The van der Waals surface area contributed by atoms with E-state index in [-0.39, 0.29) is 0 Å². The molecule has 0 saturated heterocycles. The van der Waals surface area contributed by atoms with Crippen LogP contribution in [0.1, 0.15) is 31.7 Å². The Balaban J connectivity index is 1.95. The van der Waals surface area contributed by atoms with Crippen LogP contribution < -0.4 is 10.2 Å². The van der Waals surface area contributed by atoms with Gasteiger partial charge in [-0.05, 0) is 42.9 Å². The third-order valence-electron chi connectivity index (χ3n) is 3.87. The summed E-state index contributed by atoms with van der Waals surface area (Å²) in [5.74, 6) is 0.922. The van der Waals surface area contributed by atoms with E-state index in [1.54, 1.807) is 7.11 Å². The lowest BCUT2D eigenvalue weighted by Crippen LogP contribution is -2.26. The first-order valence-corrected chi connectivity index (χ1v) is 8.77. The number of nitrogens with one attached hydrogen (secondary N) is 1. The van der Waals surface area contributed by atoms with Crippen LogP contribution in [0.4, 0.5) is 5.69 Å². The highest BCUT2D eigenvalue weighted by atomic mass is 79.9. The molecule has 0 aromatic heterocycles. The maximum absolute atomic E-state index is 5.05. The molecule has 1 N–H and O–H groups in total. The third kappa shape index (κ3) is 5.61. The van der Waals surface area contributed by atoms with Gasteiger partial charge < -0.3 is 15.0 Å². The molecule has 0 heterocycles. The van der Waals surface area contributed by atoms with Crippen LogP contribution in [0.15, 0.2) is 22.7 Å². The Kier molecular flexibility index (Phi) is 7.00. The normalized spacial score (nSPS) is 14.4. The van der Waals surface area contributed by atoms with Crippen LogP contribution in [0.25, 0.3) is 0 Å². The second-order valence-electron chi connectivity index (χ2n) is 5.83. The monoisotopic (exact) mass is 354 g/mol. The second kappa shape index (κ2) is 8.76. The van der Waals surface area contributed by atoms with Crippen LogP contribution in [0.2, 0.25) is 0 Å². The van der Waals surface area contributed by atoms with Crippen LogP contribution in [0, 0.1) is 5.92 Å². The molecule has 4 heteroatoms. The fourth-order valence-corrected chi connectivity index (χ4v) is 2.99. The molecule has 2 rings (SSSR count). The van der Waals surface area contributed by atoms with Crippen molar-refractivity contribution in [1.29, 1.82) is 0 Å². The van der Waals surface area contributed by atoms with E-state index in [0.29, 0.717) is 0 Å². The van der Waals surface area contributed by atoms with Crippen LogP contribution in [0.5, 0.6) is 0 Å². The molecule has 0 amide bonds. The maximum Gasteiger partial charge on any atom is 0.0587 e. The van der Waals surface area contributed by atoms with Crippen molar-refractivity contribution < 1.29 is 4.74 Å². The molecule has 118 valence electrons. The standard InChI is InChI=1S/C17H27BrN2O/c1-3-9-20(13-14-4-5-14)16-7-6-15(17(18)11-16)12-19-8-10-21-2/h6-7,11,14,19H,3-5,8-10,12-13H2,1-2H3. The Morgan fingerprint density at radius 1 is 1.38 bits per heavy atom. The molecule has 1 fully saturated rings. The van der Waals surface area contributed by atoms with Gasteiger partial charge in [-0.15, -0.1) is 0 Å². The molecule has 1 aliphatic rings. The van der Waals surface area contributed by atoms with Gasteiger partial charge in [0.05, 0.1) is 6.61 Å². The van der Waals surface area contributed by atoms with E-state index in [2.05, 4.69) is 51.3 Å². The summed E-state index contributed by atoms with van der Waals surface area (Å²) in [6, 6.07) is 6.76. The van der Waals surface area contributed by atoms with Gasteiger partial charge >= 0.3 is 0 Å². The van der Waals surface area contributed by atoms with Gasteiger partial charge in [0, 0.05) is 43.4 Å². The number of methoxy groups -OCH3 is 1. The first-order chi connectivity index (χ1) is 10.2. The number of rotatable bonds is 10. The Morgan fingerprint density at radius 3 is 2.81 bits per heavy atom. The Bertz CT molecular complexity index is 435. The van der Waals surface area contributed by atoms with E-state index in [1.165, 1.54) is 41.5 Å². The van der Waals surface area contributed by atoms with Crippen LogP contribution in [-0.4, -0.2) is 33.4 Å². The van der Waals surface area contributed by atoms with Crippen molar-refractivity contribution in [2.24, 2.45) is 5.92 Å². The third-order valence-corrected chi connectivity index (χ3v) is 4.61. The zero-order chi connectivity index (χ0) is 15.1. The van der Waals surface area contributed by atoms with E-state index in [4.69, 9.17) is 4.74 Å². The molecule has 3 nitrogen and oxygen atoms in total. The van der Waals surface area contributed by atoms with E-state index >= 15 is 0 Å². The van der Waals surface area contributed by atoms with Crippen LogP contribution >= 0.6 is 15.9 Å². The Labute approximate surface area is 137 Å². The molecule has 1 aromatic carbocycles. The van der Waals surface area contributed by atoms with Crippen molar-refractivity contribution in [3.05, 3.63) is 28.2 Å². The largest absolute Gasteiger partial charge is 0.383 e. The number of benzene rings is 1. The van der Waals surface area contributed by atoms with Gasteiger partial charge in [0.15, 0.2) is 0 Å². The summed E-state index contributed by atoms with van der Waals surface area (Å²) in [5.41, 5.74) is 2.65. The number of nitrogens with zero attached hydrogens (tertiary/aromatic N) is 1. The summed E-state index contributed by atoms with van der Waals surface area (Å²) in [7, 11) is 1.73. The lowest BCUT2D eigenvalue weighted by Gasteiger charge is -2.25. The number of hydrogen-bond donors (Lipinski definition) is 1. The number of halogens is 1. The molecule has 21 heavy (non-hydrogen) atoms. The second-order valence-corrected chi connectivity index (χ2v) is 6.69. The number of ether oxygens (including phenoxy) is 1. The van der Waals surface area contributed by atoms with Gasteiger partial charge in [-0.2, -0.15) is 0 Å². The molecule has 0 atom stereocenters. The smallest absolute Gasteiger partial charge is 0.0587 e. The molecule has 0 unspecified atom stereocenters. The molecule has 1 aliphatic carbocycles. The van der Waals surface area contributed by atoms with Gasteiger partial charge in [-0.25, -0.2) is 0 Å². The summed E-state index contributed by atoms with van der Waals surface area (Å²) >= 11 is 3.72. The molecular weight excluding hydrogens is 328 g/mol. The quantitative estimate of drug-likeness (QED) is 0.646. The first-order valence-electron chi connectivity index (χ1n) is 7.97. The van der Waals surface area contributed by atoms with E-state index in [1.807, 2.05) is 0 Å². The summed E-state index contributed by atoms with van der Waals surface area (Å²) in [6.45, 7) is 7.12. The zero-order valence-electron chi connectivity index (χ0n) is 13.2. The van der Waals surface area contributed by atoms with E-state index in [0.717, 1.165) is 32.2 Å². The molecule has 0 bridgehead atoms. The molecule has 0 spiro atoms. The van der Waals surface area contributed by atoms with Gasteiger partial charge in [-0.1, -0.05) is 28.9 Å². The fraction of sp³-hybridized carbons (Fsp3) is 0.647. The summed E-state index contributed by atoms with van der Waals surface area (Å²) in [4.78, 5) is 2.53. The highest BCUT2D eigenvalue weighted by Gasteiger charge is 2.24. The highest BCUT2D eigenvalue weighted by molar-refractivity contribution is 9.10. The van der Waals surface area contributed by atoms with E-state index < -0.39 is 0 Å². The maximum atomic E-state index is 5.05. The van der Waals surface area contributed by atoms with Crippen molar-refractivity contribution in [3.8, 4) is 0 Å². The van der Waals surface area contributed by atoms with Gasteiger partial charge in [-0.3, -0.25) is 0 Å². The van der Waals surface area contributed by atoms with Crippen molar-refractivity contribution in [2.45, 2.75) is 32.7 Å². The van der Waals surface area contributed by atoms with E-state index in [9.17, 15) is 0 Å². The fourth-order valence-electron chi connectivity index (χ4n) is 2.48. The minimum absolute atomic E-state index is 0.751. The van der Waals surface area contributed by atoms with Gasteiger partial charge in [0.1, 0.15) is 0 Å². The summed E-state index contributed by atoms with van der Waals surface area (Å²) in [6.07, 6.45) is 4.01. The average Bonchev–Trinajstić information content (AvgIpc) is 3.28. The van der Waals surface area contributed by atoms with Crippen molar-refractivity contribution >= 4 is 21.6 Å². The minimum atomic E-state index is 0.751. The molecule has 1 aromatic rings. The summed E-state index contributed by atoms with van der Waals surface area (Å²) < 4.78 is 6.25. The van der Waals surface area contributed by atoms with Gasteiger partial charge in [0.2, 0.25) is 0 Å². The number of hydrogen-bond acceptors (Lipinski definition) is 3. The predicted octanol–water partition coefficient (Wildman–Crippen LogP) is 3.81.